The van der Waals surface area contributed by atoms with E-state index < -0.39 is 0 Å². The van der Waals surface area contributed by atoms with Crippen molar-refractivity contribution in [3.05, 3.63) is 30.1 Å². The maximum absolute atomic E-state index is 12.9. The average Bonchev–Trinajstić information content (AvgIpc) is 2.53. The van der Waals surface area contributed by atoms with Crippen molar-refractivity contribution in [3.8, 4) is 0 Å². The van der Waals surface area contributed by atoms with Crippen LogP contribution < -0.4 is 10.6 Å². The lowest BCUT2D eigenvalue weighted by atomic mass is 9.49. The summed E-state index contributed by atoms with van der Waals surface area (Å²) in [6, 6.07) is 5.69. The Morgan fingerprint density at radius 1 is 1.12 bits per heavy atom. The van der Waals surface area contributed by atoms with E-state index in [1.807, 2.05) is 6.92 Å². The Labute approximate surface area is 143 Å². The molecule has 24 heavy (non-hydrogen) atoms. The molecular weight excluding hydrogens is 303 g/mol. The van der Waals surface area contributed by atoms with Crippen LogP contribution in [0.5, 0.6) is 0 Å². The average molecular weight is 330 g/mol. The van der Waals surface area contributed by atoms with Crippen molar-refractivity contribution >= 4 is 11.6 Å². The summed E-state index contributed by atoms with van der Waals surface area (Å²) in [6.07, 6.45) is 8.37. The fourth-order valence-corrected chi connectivity index (χ4v) is 5.75. The lowest BCUT2D eigenvalue weighted by Gasteiger charge is -2.57. The molecule has 1 aromatic carbocycles. The molecule has 4 bridgehead atoms. The van der Waals surface area contributed by atoms with Crippen molar-refractivity contribution in [1.82, 2.24) is 5.32 Å². The number of anilines is 1. The summed E-state index contributed by atoms with van der Waals surface area (Å²) in [6.45, 7) is 2.87. The van der Waals surface area contributed by atoms with E-state index in [0.717, 1.165) is 24.3 Å². The van der Waals surface area contributed by atoms with Crippen LogP contribution in [0.15, 0.2) is 24.3 Å². The number of benzene rings is 1. The number of hydrogen-bond donors (Lipinski definition) is 2. The SMILES string of the molecule is C[C@H](NCC12CC3CC(CC(C3)C1)C2)C(=O)Nc1ccc(F)cc1. The van der Waals surface area contributed by atoms with E-state index in [1.165, 1.54) is 50.7 Å². The second-order valence-electron chi connectivity index (χ2n) is 8.52. The van der Waals surface area contributed by atoms with Crippen molar-refractivity contribution < 1.29 is 9.18 Å². The van der Waals surface area contributed by atoms with Crippen molar-refractivity contribution in [1.29, 1.82) is 0 Å². The molecule has 130 valence electrons. The Hall–Kier alpha value is -1.42. The maximum atomic E-state index is 12.9. The number of carbonyl (C=O) groups is 1. The summed E-state index contributed by atoms with van der Waals surface area (Å²) < 4.78 is 12.9. The minimum Gasteiger partial charge on any atom is -0.325 e. The third-order valence-corrected chi connectivity index (χ3v) is 6.45. The first-order valence-electron chi connectivity index (χ1n) is 9.31. The molecule has 1 amide bonds. The van der Waals surface area contributed by atoms with E-state index in [1.54, 1.807) is 12.1 Å². The zero-order valence-corrected chi connectivity index (χ0v) is 14.4. The van der Waals surface area contributed by atoms with E-state index in [2.05, 4.69) is 10.6 Å². The first kappa shape index (κ1) is 16.1. The Kier molecular flexibility index (Phi) is 4.11. The Bertz CT molecular complexity index is 577. The van der Waals surface area contributed by atoms with Crippen LogP contribution in [0.2, 0.25) is 0 Å². The van der Waals surface area contributed by atoms with Crippen LogP contribution in [0.3, 0.4) is 0 Å². The predicted octanol–water partition coefficient (Wildman–Crippen LogP) is 3.96. The lowest BCUT2D eigenvalue weighted by Crippen LogP contribution is -2.52. The molecule has 4 aliphatic rings. The zero-order valence-electron chi connectivity index (χ0n) is 14.4. The Balaban J connectivity index is 1.32. The molecule has 0 aromatic heterocycles. The van der Waals surface area contributed by atoms with Crippen LogP contribution in [-0.4, -0.2) is 18.5 Å². The van der Waals surface area contributed by atoms with E-state index in [4.69, 9.17) is 0 Å². The molecule has 1 atom stereocenters. The van der Waals surface area contributed by atoms with Crippen LogP contribution in [0.1, 0.15) is 45.4 Å². The first-order chi connectivity index (χ1) is 11.5. The van der Waals surface area contributed by atoms with Gasteiger partial charge in [0.1, 0.15) is 5.82 Å². The van der Waals surface area contributed by atoms with E-state index in [0.29, 0.717) is 11.1 Å². The Morgan fingerprint density at radius 3 is 2.21 bits per heavy atom. The number of hydrogen-bond acceptors (Lipinski definition) is 2. The molecule has 1 aromatic rings. The number of halogens is 1. The van der Waals surface area contributed by atoms with Gasteiger partial charge >= 0.3 is 0 Å². The van der Waals surface area contributed by atoms with Crippen molar-refractivity contribution in [3.63, 3.8) is 0 Å². The van der Waals surface area contributed by atoms with Crippen LogP contribution in [0.25, 0.3) is 0 Å². The highest BCUT2D eigenvalue weighted by atomic mass is 19.1. The van der Waals surface area contributed by atoms with Crippen LogP contribution in [0.4, 0.5) is 10.1 Å². The van der Waals surface area contributed by atoms with Crippen molar-refractivity contribution in [2.75, 3.05) is 11.9 Å². The van der Waals surface area contributed by atoms with Gasteiger partial charge in [0.15, 0.2) is 0 Å². The second kappa shape index (κ2) is 6.14. The molecule has 0 radical (unpaired) electrons. The van der Waals surface area contributed by atoms with E-state index >= 15 is 0 Å². The monoisotopic (exact) mass is 330 g/mol. The minimum atomic E-state index is -0.291. The van der Waals surface area contributed by atoms with Gasteiger partial charge in [-0.05, 0) is 92.9 Å². The third kappa shape index (κ3) is 3.21. The standard InChI is InChI=1S/C20H27FN2O/c1-13(19(24)23-18-4-2-17(21)3-5-18)22-12-20-9-14-6-15(10-20)8-16(7-14)11-20/h2-5,13-16,22H,6-12H2,1H3,(H,23,24)/t13-,14?,15?,16?,20?/m0/s1. The summed E-state index contributed by atoms with van der Waals surface area (Å²) in [5.74, 6) is 2.46. The summed E-state index contributed by atoms with van der Waals surface area (Å²) in [4.78, 5) is 12.3. The molecule has 4 fully saturated rings. The van der Waals surface area contributed by atoms with E-state index in [-0.39, 0.29) is 17.8 Å². The van der Waals surface area contributed by atoms with Gasteiger partial charge in [0.25, 0.3) is 0 Å². The molecule has 4 heteroatoms. The summed E-state index contributed by atoms with van der Waals surface area (Å²) >= 11 is 0. The third-order valence-electron chi connectivity index (χ3n) is 6.45. The molecule has 0 heterocycles. The molecule has 0 spiro atoms. The van der Waals surface area contributed by atoms with Gasteiger partial charge in [0, 0.05) is 12.2 Å². The van der Waals surface area contributed by atoms with Crippen LogP contribution >= 0.6 is 0 Å². The molecule has 4 aliphatic carbocycles. The maximum Gasteiger partial charge on any atom is 0.241 e. The highest BCUT2D eigenvalue weighted by molar-refractivity contribution is 5.94. The van der Waals surface area contributed by atoms with Gasteiger partial charge in [0.05, 0.1) is 6.04 Å². The second-order valence-corrected chi connectivity index (χ2v) is 8.52. The fourth-order valence-electron chi connectivity index (χ4n) is 5.75. The van der Waals surface area contributed by atoms with Gasteiger partial charge in [-0.25, -0.2) is 4.39 Å². The summed E-state index contributed by atoms with van der Waals surface area (Å²) in [5.41, 5.74) is 1.07. The molecular formula is C20H27FN2O. The van der Waals surface area contributed by atoms with Gasteiger partial charge in [-0.2, -0.15) is 0 Å². The minimum absolute atomic E-state index is 0.0497. The fraction of sp³-hybridized carbons (Fsp3) is 0.650. The summed E-state index contributed by atoms with van der Waals surface area (Å²) in [7, 11) is 0. The molecule has 0 saturated heterocycles. The molecule has 2 N–H and O–H groups in total. The quantitative estimate of drug-likeness (QED) is 0.858. The highest BCUT2D eigenvalue weighted by Gasteiger charge is 2.50. The zero-order chi connectivity index (χ0) is 16.7. The molecule has 5 rings (SSSR count). The number of amides is 1. The normalized spacial score (nSPS) is 35.0. The lowest BCUT2D eigenvalue weighted by molar-refractivity contribution is -0.118. The van der Waals surface area contributed by atoms with Gasteiger partial charge < -0.3 is 10.6 Å². The highest BCUT2D eigenvalue weighted by Crippen LogP contribution is 2.59. The number of carbonyl (C=O) groups excluding carboxylic acids is 1. The van der Waals surface area contributed by atoms with Gasteiger partial charge in [-0.1, -0.05) is 0 Å². The molecule has 0 aliphatic heterocycles. The first-order valence-corrected chi connectivity index (χ1v) is 9.31. The topological polar surface area (TPSA) is 41.1 Å². The van der Waals surface area contributed by atoms with Gasteiger partial charge in [-0.15, -0.1) is 0 Å². The summed E-state index contributed by atoms with van der Waals surface area (Å²) in [5, 5.41) is 6.34. The predicted molar refractivity (Wildman–Crippen MR) is 93.1 cm³/mol. The molecule has 0 unspecified atom stereocenters. The van der Waals surface area contributed by atoms with Crippen LogP contribution in [-0.2, 0) is 4.79 Å². The largest absolute Gasteiger partial charge is 0.325 e. The number of rotatable bonds is 5. The van der Waals surface area contributed by atoms with Gasteiger partial charge in [0.2, 0.25) is 5.91 Å². The van der Waals surface area contributed by atoms with Gasteiger partial charge in [-0.3, -0.25) is 4.79 Å². The van der Waals surface area contributed by atoms with E-state index in [9.17, 15) is 9.18 Å². The molecule has 4 saturated carbocycles. The molecule has 3 nitrogen and oxygen atoms in total. The van der Waals surface area contributed by atoms with Crippen LogP contribution in [0, 0.1) is 29.0 Å². The van der Waals surface area contributed by atoms with Crippen molar-refractivity contribution in [2.45, 2.75) is 51.5 Å². The Morgan fingerprint density at radius 2 is 1.67 bits per heavy atom. The smallest absolute Gasteiger partial charge is 0.241 e. The number of nitrogens with one attached hydrogen (secondary N) is 2. The van der Waals surface area contributed by atoms with Crippen molar-refractivity contribution in [2.24, 2.45) is 23.2 Å².